The number of methoxy groups -OCH3 is 1. The maximum Gasteiger partial charge on any atom is 0.337 e. The van der Waals surface area contributed by atoms with Gasteiger partial charge < -0.3 is 4.74 Å². The van der Waals surface area contributed by atoms with Crippen LogP contribution < -0.4 is 0 Å². The molecular weight excluding hydrogens is 190 g/mol. The minimum absolute atomic E-state index is 0.100. The van der Waals surface area contributed by atoms with Gasteiger partial charge in [0, 0.05) is 0 Å². The molecule has 1 aromatic rings. The molecule has 0 N–H and O–H groups in total. The van der Waals surface area contributed by atoms with E-state index >= 15 is 0 Å². The number of hydrogen-bond donors (Lipinski definition) is 0. The predicted octanol–water partition coefficient (Wildman–Crippen LogP) is 2.49. The van der Waals surface area contributed by atoms with Gasteiger partial charge in [0.15, 0.2) is 0 Å². The second-order valence-corrected chi connectivity index (χ2v) is 3.20. The van der Waals surface area contributed by atoms with Crippen LogP contribution in [-0.4, -0.2) is 13.1 Å². The molecule has 78 valence electrons. The molecule has 0 heterocycles. The smallest absolute Gasteiger partial charge is 0.337 e. The van der Waals surface area contributed by atoms with Gasteiger partial charge >= 0.3 is 5.97 Å². The molecule has 0 aliphatic heterocycles. The average Bonchev–Trinajstić information content (AvgIpc) is 2.30. The third-order valence-corrected chi connectivity index (χ3v) is 2.30. The summed E-state index contributed by atoms with van der Waals surface area (Å²) in [4.78, 5) is 11.1. The van der Waals surface area contributed by atoms with E-state index in [1.807, 2.05) is 6.92 Å². The van der Waals surface area contributed by atoms with Crippen molar-refractivity contribution < 1.29 is 9.53 Å². The Bertz CT molecular complexity index is 376. The van der Waals surface area contributed by atoms with Crippen molar-refractivity contribution >= 4 is 5.97 Å². The van der Waals surface area contributed by atoms with Crippen LogP contribution in [0, 0.1) is 11.3 Å². The molecule has 0 fully saturated rings. The van der Waals surface area contributed by atoms with Gasteiger partial charge in [0.05, 0.1) is 24.7 Å². The van der Waals surface area contributed by atoms with Crippen LogP contribution in [0.1, 0.15) is 35.2 Å². The first kappa shape index (κ1) is 11.3. The van der Waals surface area contributed by atoms with Crippen LogP contribution in [-0.2, 0) is 4.74 Å². The topological polar surface area (TPSA) is 50.1 Å². The van der Waals surface area contributed by atoms with Gasteiger partial charge in [-0.25, -0.2) is 4.79 Å². The Hall–Kier alpha value is -1.82. The standard InChI is InChI=1S/C12H13NO2/c1-3-9(8-13)10-4-6-11(7-5-10)12(14)15-2/h4-7,9H,3H2,1-2H3. The van der Waals surface area contributed by atoms with E-state index in [1.54, 1.807) is 24.3 Å². The fourth-order valence-electron chi connectivity index (χ4n) is 1.37. The fourth-order valence-corrected chi connectivity index (χ4v) is 1.37. The molecule has 15 heavy (non-hydrogen) atoms. The first-order valence-electron chi connectivity index (χ1n) is 4.80. The number of carbonyl (C=O) groups excluding carboxylic acids is 1. The maximum atomic E-state index is 11.1. The second kappa shape index (κ2) is 5.16. The van der Waals surface area contributed by atoms with E-state index in [1.165, 1.54) is 7.11 Å². The van der Waals surface area contributed by atoms with E-state index in [0.717, 1.165) is 12.0 Å². The van der Waals surface area contributed by atoms with Gasteiger partial charge in [-0.2, -0.15) is 5.26 Å². The van der Waals surface area contributed by atoms with Crippen LogP contribution in [0.2, 0.25) is 0 Å². The highest BCUT2D eigenvalue weighted by molar-refractivity contribution is 5.89. The van der Waals surface area contributed by atoms with E-state index in [2.05, 4.69) is 10.8 Å². The number of ether oxygens (including phenoxy) is 1. The van der Waals surface area contributed by atoms with Crippen molar-refractivity contribution in [1.82, 2.24) is 0 Å². The summed E-state index contributed by atoms with van der Waals surface area (Å²) in [6.45, 7) is 1.96. The van der Waals surface area contributed by atoms with Crippen molar-refractivity contribution in [3.8, 4) is 6.07 Å². The molecule has 0 aromatic heterocycles. The Morgan fingerprint density at radius 3 is 2.47 bits per heavy atom. The SMILES string of the molecule is CCC(C#N)c1ccc(C(=O)OC)cc1. The van der Waals surface area contributed by atoms with E-state index < -0.39 is 0 Å². The summed E-state index contributed by atoms with van der Waals surface area (Å²) >= 11 is 0. The molecule has 3 heteroatoms. The summed E-state index contributed by atoms with van der Waals surface area (Å²) in [5, 5.41) is 8.86. The summed E-state index contributed by atoms with van der Waals surface area (Å²) in [5.74, 6) is -0.455. The van der Waals surface area contributed by atoms with Crippen LogP contribution in [0.4, 0.5) is 0 Å². The highest BCUT2D eigenvalue weighted by Gasteiger charge is 2.09. The van der Waals surface area contributed by atoms with Crippen molar-refractivity contribution in [2.45, 2.75) is 19.3 Å². The molecule has 3 nitrogen and oxygen atoms in total. The van der Waals surface area contributed by atoms with E-state index in [9.17, 15) is 4.79 Å². The molecule has 0 bridgehead atoms. The molecule has 0 spiro atoms. The molecule has 1 atom stereocenters. The van der Waals surface area contributed by atoms with Crippen LogP contribution in [0.25, 0.3) is 0 Å². The average molecular weight is 203 g/mol. The van der Waals surface area contributed by atoms with E-state index in [4.69, 9.17) is 5.26 Å². The Kier molecular flexibility index (Phi) is 3.87. The lowest BCUT2D eigenvalue weighted by molar-refractivity contribution is 0.0600. The lowest BCUT2D eigenvalue weighted by atomic mass is 9.97. The molecular formula is C12H13NO2. The minimum Gasteiger partial charge on any atom is -0.465 e. The number of benzene rings is 1. The zero-order valence-electron chi connectivity index (χ0n) is 8.86. The zero-order valence-corrected chi connectivity index (χ0v) is 8.86. The van der Waals surface area contributed by atoms with Gasteiger partial charge in [0.2, 0.25) is 0 Å². The summed E-state index contributed by atoms with van der Waals surface area (Å²) in [7, 11) is 1.35. The Labute approximate surface area is 89.3 Å². The molecule has 0 saturated carbocycles. The monoisotopic (exact) mass is 203 g/mol. The van der Waals surface area contributed by atoms with Gasteiger partial charge in [-0.15, -0.1) is 0 Å². The molecule has 1 aromatic carbocycles. The lowest BCUT2D eigenvalue weighted by Gasteiger charge is -2.06. The molecule has 1 rings (SSSR count). The third kappa shape index (κ3) is 2.57. The van der Waals surface area contributed by atoms with E-state index in [0.29, 0.717) is 5.56 Å². The number of esters is 1. The molecule has 0 amide bonds. The lowest BCUT2D eigenvalue weighted by Crippen LogP contribution is -2.01. The number of nitriles is 1. The van der Waals surface area contributed by atoms with Gasteiger partial charge in [0.1, 0.15) is 0 Å². The Morgan fingerprint density at radius 1 is 1.47 bits per heavy atom. The zero-order chi connectivity index (χ0) is 11.3. The molecule has 0 aliphatic rings. The van der Waals surface area contributed by atoms with Crippen molar-refractivity contribution in [1.29, 1.82) is 5.26 Å². The van der Waals surface area contributed by atoms with Crippen LogP contribution in [0.15, 0.2) is 24.3 Å². The quantitative estimate of drug-likeness (QED) is 0.709. The van der Waals surface area contributed by atoms with Gasteiger partial charge in [-0.3, -0.25) is 0 Å². The summed E-state index contributed by atoms with van der Waals surface area (Å²) in [5.41, 5.74) is 1.45. The van der Waals surface area contributed by atoms with Gasteiger partial charge in [-0.05, 0) is 24.1 Å². The highest BCUT2D eigenvalue weighted by Crippen LogP contribution is 2.18. The Balaban J connectivity index is 2.90. The molecule has 0 saturated heterocycles. The van der Waals surface area contributed by atoms with Crippen molar-refractivity contribution in [3.05, 3.63) is 35.4 Å². The minimum atomic E-state index is -0.355. The highest BCUT2D eigenvalue weighted by atomic mass is 16.5. The van der Waals surface area contributed by atoms with Crippen LogP contribution in [0.5, 0.6) is 0 Å². The largest absolute Gasteiger partial charge is 0.465 e. The van der Waals surface area contributed by atoms with Gasteiger partial charge in [0.25, 0.3) is 0 Å². The van der Waals surface area contributed by atoms with Crippen LogP contribution in [0.3, 0.4) is 0 Å². The number of rotatable bonds is 3. The summed E-state index contributed by atoms with van der Waals surface area (Å²) < 4.78 is 4.59. The molecule has 0 aliphatic carbocycles. The summed E-state index contributed by atoms with van der Waals surface area (Å²) in [6, 6.07) is 9.17. The maximum absolute atomic E-state index is 11.1. The first-order chi connectivity index (χ1) is 7.22. The van der Waals surface area contributed by atoms with E-state index in [-0.39, 0.29) is 11.9 Å². The second-order valence-electron chi connectivity index (χ2n) is 3.20. The van der Waals surface area contributed by atoms with Crippen molar-refractivity contribution in [2.75, 3.05) is 7.11 Å². The van der Waals surface area contributed by atoms with Crippen LogP contribution >= 0.6 is 0 Å². The molecule has 0 radical (unpaired) electrons. The Morgan fingerprint density at radius 2 is 2.07 bits per heavy atom. The number of nitrogens with zero attached hydrogens (tertiary/aromatic N) is 1. The van der Waals surface area contributed by atoms with Crippen molar-refractivity contribution in [2.24, 2.45) is 0 Å². The molecule has 1 unspecified atom stereocenters. The normalized spacial score (nSPS) is 11.5. The number of carbonyl (C=O) groups is 1. The fraction of sp³-hybridized carbons (Fsp3) is 0.333. The first-order valence-corrected chi connectivity index (χ1v) is 4.80. The number of hydrogen-bond acceptors (Lipinski definition) is 3. The third-order valence-electron chi connectivity index (χ3n) is 2.30. The van der Waals surface area contributed by atoms with Crippen molar-refractivity contribution in [3.63, 3.8) is 0 Å². The predicted molar refractivity (Wildman–Crippen MR) is 56.4 cm³/mol. The van der Waals surface area contributed by atoms with Gasteiger partial charge in [-0.1, -0.05) is 19.1 Å². The summed E-state index contributed by atoms with van der Waals surface area (Å²) in [6.07, 6.45) is 0.772.